The van der Waals surface area contributed by atoms with Crippen molar-refractivity contribution in [3.8, 4) is 11.5 Å². The summed E-state index contributed by atoms with van der Waals surface area (Å²) in [5.41, 5.74) is 1.02. The summed E-state index contributed by atoms with van der Waals surface area (Å²) in [7, 11) is 0. The topological polar surface area (TPSA) is 99.4 Å². The lowest BCUT2D eigenvalue weighted by Crippen LogP contribution is -2.77. The number of carbonyl (C=O) groups is 1. The third-order valence-corrected chi connectivity index (χ3v) is 6.12. The molecule has 3 aromatic rings. The first-order valence-electron chi connectivity index (χ1n) is 10.4. The molecule has 2 bridgehead atoms. The van der Waals surface area contributed by atoms with E-state index in [1.165, 1.54) is 6.07 Å². The Kier molecular flexibility index (Phi) is 4.83. The number of rotatable bonds is 8. The number of hydrogen-bond donors (Lipinski definition) is 1. The second kappa shape index (κ2) is 7.58. The minimum atomic E-state index is -0.357. The predicted molar refractivity (Wildman–Crippen MR) is 111 cm³/mol. The molecule has 6 rings (SSSR count). The van der Waals surface area contributed by atoms with Gasteiger partial charge in [0.2, 0.25) is 5.89 Å². The van der Waals surface area contributed by atoms with E-state index in [2.05, 4.69) is 20.5 Å². The van der Waals surface area contributed by atoms with Gasteiger partial charge in [0.05, 0.1) is 11.6 Å². The Balaban J connectivity index is 1.09. The number of carbonyl (C=O) groups excluding carboxylic acids is 1. The fraction of sp³-hybridized carbons (Fsp3) is 0.391. The van der Waals surface area contributed by atoms with Gasteiger partial charge in [-0.05, 0) is 56.9 Å². The number of amides is 1. The summed E-state index contributed by atoms with van der Waals surface area (Å²) in [6.07, 6.45) is 3.89. The summed E-state index contributed by atoms with van der Waals surface area (Å²) < 4.78 is 30.4. The number of nitrogens with zero attached hydrogens (tertiary/aromatic N) is 3. The second-order valence-corrected chi connectivity index (χ2v) is 8.76. The van der Waals surface area contributed by atoms with E-state index in [0.717, 1.165) is 25.0 Å². The average Bonchev–Trinajstić information content (AvgIpc) is 3.19. The average molecular weight is 438 g/mol. The molecule has 0 unspecified atom stereocenters. The standard InChI is InChI=1S/C23H23FN4O4/c1-14-3-5-16(7-18(14)24)30-9-19(29)26-23-11-22(12-23,13-23)21-28-27-20(32-21)10-31-17-6-4-15(2)25-8-17/h3-8H,9-13H2,1-2H3,(H,26,29). The van der Waals surface area contributed by atoms with E-state index in [1.807, 2.05) is 19.1 Å². The summed E-state index contributed by atoms with van der Waals surface area (Å²) in [5, 5.41) is 11.3. The molecule has 2 heterocycles. The van der Waals surface area contributed by atoms with Crippen LogP contribution in [0.25, 0.3) is 0 Å². The maximum atomic E-state index is 13.6. The van der Waals surface area contributed by atoms with Crippen molar-refractivity contribution >= 4 is 5.91 Å². The minimum Gasteiger partial charge on any atom is -0.484 e. The van der Waals surface area contributed by atoms with Crippen molar-refractivity contribution in [1.29, 1.82) is 0 Å². The number of aromatic nitrogens is 3. The molecule has 0 spiro atoms. The van der Waals surface area contributed by atoms with Crippen LogP contribution in [0, 0.1) is 19.7 Å². The summed E-state index contributed by atoms with van der Waals surface area (Å²) in [5.74, 6) is 1.37. The second-order valence-electron chi connectivity index (χ2n) is 8.76. The highest BCUT2D eigenvalue weighted by molar-refractivity contribution is 5.79. The van der Waals surface area contributed by atoms with E-state index in [0.29, 0.717) is 28.8 Å². The van der Waals surface area contributed by atoms with E-state index in [-0.39, 0.29) is 35.9 Å². The van der Waals surface area contributed by atoms with Gasteiger partial charge in [0.1, 0.15) is 17.3 Å². The normalized spacial score (nSPS) is 23.1. The first-order chi connectivity index (χ1) is 15.3. The number of ether oxygens (including phenoxy) is 2. The number of nitrogens with one attached hydrogen (secondary N) is 1. The van der Waals surface area contributed by atoms with Crippen LogP contribution in [0.3, 0.4) is 0 Å². The third kappa shape index (κ3) is 3.79. The van der Waals surface area contributed by atoms with Crippen LogP contribution in [-0.2, 0) is 16.8 Å². The first-order valence-corrected chi connectivity index (χ1v) is 10.4. The summed E-state index contributed by atoms with van der Waals surface area (Å²) in [6, 6.07) is 8.26. The molecular weight excluding hydrogens is 415 g/mol. The molecule has 9 heteroatoms. The Morgan fingerprint density at radius 2 is 1.91 bits per heavy atom. The van der Waals surface area contributed by atoms with Crippen LogP contribution >= 0.6 is 0 Å². The molecule has 32 heavy (non-hydrogen) atoms. The Hall–Kier alpha value is -3.49. The highest BCUT2D eigenvalue weighted by Gasteiger charge is 2.71. The molecule has 1 N–H and O–H groups in total. The molecule has 1 aromatic carbocycles. The first kappa shape index (κ1) is 20.4. The monoisotopic (exact) mass is 438 g/mol. The van der Waals surface area contributed by atoms with Crippen molar-refractivity contribution in [2.45, 2.75) is 50.7 Å². The summed E-state index contributed by atoms with van der Waals surface area (Å²) in [4.78, 5) is 16.5. The van der Waals surface area contributed by atoms with Gasteiger partial charge in [-0.1, -0.05) is 6.07 Å². The molecule has 3 aliphatic carbocycles. The number of hydrogen-bond acceptors (Lipinski definition) is 7. The van der Waals surface area contributed by atoms with Crippen LogP contribution in [0.15, 0.2) is 40.9 Å². The Morgan fingerprint density at radius 1 is 1.12 bits per heavy atom. The van der Waals surface area contributed by atoms with Gasteiger partial charge in [-0.25, -0.2) is 4.39 Å². The molecule has 8 nitrogen and oxygen atoms in total. The highest BCUT2D eigenvalue weighted by atomic mass is 19.1. The van der Waals surface area contributed by atoms with E-state index in [9.17, 15) is 9.18 Å². The smallest absolute Gasteiger partial charge is 0.258 e. The lowest BCUT2D eigenvalue weighted by molar-refractivity contribution is -0.143. The third-order valence-electron chi connectivity index (χ3n) is 6.12. The Morgan fingerprint density at radius 3 is 2.62 bits per heavy atom. The van der Waals surface area contributed by atoms with Crippen LogP contribution < -0.4 is 14.8 Å². The maximum absolute atomic E-state index is 13.6. The molecule has 0 radical (unpaired) electrons. The summed E-state index contributed by atoms with van der Waals surface area (Å²) in [6.45, 7) is 3.59. The fourth-order valence-electron chi connectivity index (χ4n) is 4.50. The van der Waals surface area contributed by atoms with E-state index >= 15 is 0 Å². The van der Waals surface area contributed by atoms with Crippen molar-refractivity contribution in [2.75, 3.05) is 6.61 Å². The van der Waals surface area contributed by atoms with Crippen LogP contribution in [0.5, 0.6) is 11.5 Å². The molecule has 3 aliphatic rings. The van der Waals surface area contributed by atoms with Gasteiger partial charge in [-0.3, -0.25) is 9.78 Å². The predicted octanol–water partition coefficient (Wildman–Crippen LogP) is 3.17. The SMILES string of the molecule is Cc1ccc(OCc2nnc(C34CC(NC(=O)COc5ccc(C)c(F)c5)(C3)C4)o2)cn1. The van der Waals surface area contributed by atoms with Crippen molar-refractivity contribution in [3.05, 3.63) is 65.4 Å². The Bertz CT molecular complexity index is 1140. The molecule has 3 saturated carbocycles. The zero-order valence-corrected chi connectivity index (χ0v) is 17.9. The molecule has 0 aliphatic heterocycles. The van der Waals surface area contributed by atoms with Gasteiger partial charge in [-0.15, -0.1) is 10.2 Å². The molecule has 2 aromatic heterocycles. The number of pyridine rings is 1. The molecular formula is C23H23FN4O4. The Labute approximate surface area is 184 Å². The van der Waals surface area contributed by atoms with Crippen LogP contribution in [-0.4, -0.2) is 33.2 Å². The minimum absolute atomic E-state index is 0.160. The van der Waals surface area contributed by atoms with Crippen LogP contribution in [0.2, 0.25) is 0 Å². The van der Waals surface area contributed by atoms with E-state index < -0.39 is 0 Å². The molecule has 0 saturated heterocycles. The largest absolute Gasteiger partial charge is 0.484 e. The zero-order chi connectivity index (χ0) is 22.3. The highest BCUT2D eigenvalue weighted by Crippen LogP contribution is 2.67. The quantitative estimate of drug-likeness (QED) is 0.577. The fourth-order valence-corrected chi connectivity index (χ4v) is 4.50. The van der Waals surface area contributed by atoms with Crippen LogP contribution in [0.4, 0.5) is 4.39 Å². The zero-order valence-electron chi connectivity index (χ0n) is 17.9. The maximum Gasteiger partial charge on any atom is 0.258 e. The lowest BCUT2D eigenvalue weighted by atomic mass is 9.39. The van der Waals surface area contributed by atoms with Gasteiger partial charge in [0, 0.05) is 17.3 Å². The number of aryl methyl sites for hydroxylation is 2. The van der Waals surface area contributed by atoms with Crippen molar-refractivity contribution in [2.24, 2.45) is 0 Å². The van der Waals surface area contributed by atoms with Crippen molar-refractivity contribution in [3.63, 3.8) is 0 Å². The van der Waals surface area contributed by atoms with Gasteiger partial charge in [-0.2, -0.15) is 0 Å². The van der Waals surface area contributed by atoms with Gasteiger partial charge >= 0.3 is 0 Å². The molecule has 1 amide bonds. The van der Waals surface area contributed by atoms with Gasteiger partial charge < -0.3 is 19.2 Å². The van der Waals surface area contributed by atoms with Gasteiger partial charge in [0.15, 0.2) is 13.2 Å². The number of benzene rings is 1. The molecule has 3 fully saturated rings. The van der Waals surface area contributed by atoms with E-state index in [4.69, 9.17) is 13.9 Å². The van der Waals surface area contributed by atoms with Crippen molar-refractivity contribution in [1.82, 2.24) is 20.5 Å². The lowest BCUT2D eigenvalue weighted by Gasteiger charge is -2.68. The molecule has 0 atom stereocenters. The van der Waals surface area contributed by atoms with E-state index in [1.54, 1.807) is 25.3 Å². The number of halogens is 1. The van der Waals surface area contributed by atoms with Gasteiger partial charge in [0.25, 0.3) is 11.8 Å². The van der Waals surface area contributed by atoms with Crippen LogP contribution in [0.1, 0.15) is 42.3 Å². The summed E-state index contributed by atoms with van der Waals surface area (Å²) >= 11 is 0. The molecule has 166 valence electrons. The van der Waals surface area contributed by atoms with Crippen molar-refractivity contribution < 1.29 is 23.1 Å².